The SMILES string of the molecule is CC(C)c1cccc(C(C)C)c1-c1cnn(-c2cccc(-n3c4ccccc4c4cc5c6ccccc6n(-c6ccccn6)c5cc43)c2)c1. The maximum atomic E-state index is 4.92. The zero-order valence-corrected chi connectivity index (χ0v) is 28.2. The molecule has 0 N–H and O–H groups in total. The molecule has 0 radical (unpaired) electrons. The summed E-state index contributed by atoms with van der Waals surface area (Å²) >= 11 is 0. The second-order valence-electron chi connectivity index (χ2n) is 13.6. The second-order valence-corrected chi connectivity index (χ2v) is 13.6. The van der Waals surface area contributed by atoms with E-state index in [2.05, 4.69) is 158 Å². The molecule has 49 heavy (non-hydrogen) atoms. The fourth-order valence-corrected chi connectivity index (χ4v) is 7.69. The lowest BCUT2D eigenvalue weighted by molar-refractivity contribution is 0.838. The van der Waals surface area contributed by atoms with Gasteiger partial charge in [-0.15, -0.1) is 0 Å². The fraction of sp³-hybridized carbons (Fsp3) is 0.136. The molecule has 0 aliphatic carbocycles. The second kappa shape index (κ2) is 11.3. The van der Waals surface area contributed by atoms with Crippen LogP contribution in [0.15, 0.2) is 140 Å². The molecule has 0 unspecified atom stereocenters. The van der Waals surface area contributed by atoms with E-state index in [0.717, 1.165) is 39.3 Å². The number of para-hydroxylation sites is 2. The van der Waals surface area contributed by atoms with Crippen LogP contribution in [-0.2, 0) is 0 Å². The number of fused-ring (bicyclic) bond motifs is 6. The summed E-state index contributed by atoms with van der Waals surface area (Å²) in [7, 11) is 0. The van der Waals surface area contributed by atoms with Crippen LogP contribution in [-0.4, -0.2) is 23.9 Å². The zero-order chi connectivity index (χ0) is 33.2. The molecule has 5 nitrogen and oxygen atoms in total. The van der Waals surface area contributed by atoms with Gasteiger partial charge in [0.2, 0.25) is 0 Å². The summed E-state index contributed by atoms with van der Waals surface area (Å²) in [5, 5.41) is 9.81. The van der Waals surface area contributed by atoms with Crippen molar-refractivity contribution >= 4 is 43.6 Å². The van der Waals surface area contributed by atoms with Crippen molar-refractivity contribution in [3.05, 3.63) is 151 Å². The van der Waals surface area contributed by atoms with Gasteiger partial charge in [-0.05, 0) is 83.1 Å². The first-order valence-electron chi connectivity index (χ1n) is 17.1. The van der Waals surface area contributed by atoms with Crippen molar-refractivity contribution in [2.45, 2.75) is 39.5 Å². The molecule has 0 saturated carbocycles. The van der Waals surface area contributed by atoms with Crippen LogP contribution in [0, 0.1) is 0 Å². The predicted molar refractivity (Wildman–Crippen MR) is 204 cm³/mol. The minimum absolute atomic E-state index is 0.415. The average molecular weight is 636 g/mol. The van der Waals surface area contributed by atoms with Crippen LogP contribution in [0.3, 0.4) is 0 Å². The highest BCUT2D eigenvalue weighted by Crippen LogP contribution is 2.40. The van der Waals surface area contributed by atoms with Crippen LogP contribution in [0.1, 0.15) is 50.7 Å². The van der Waals surface area contributed by atoms with Crippen molar-refractivity contribution in [3.63, 3.8) is 0 Å². The van der Waals surface area contributed by atoms with Gasteiger partial charge < -0.3 is 4.57 Å². The Morgan fingerprint density at radius 1 is 0.510 bits per heavy atom. The minimum atomic E-state index is 0.415. The zero-order valence-electron chi connectivity index (χ0n) is 28.2. The van der Waals surface area contributed by atoms with Crippen molar-refractivity contribution in [2.75, 3.05) is 0 Å². The Hall–Kier alpha value is -5.94. The lowest BCUT2D eigenvalue weighted by Gasteiger charge is -2.18. The van der Waals surface area contributed by atoms with Crippen LogP contribution >= 0.6 is 0 Å². The van der Waals surface area contributed by atoms with Crippen LogP contribution in [0.25, 0.3) is 71.9 Å². The topological polar surface area (TPSA) is 40.6 Å². The van der Waals surface area contributed by atoms with Gasteiger partial charge in [0.15, 0.2) is 0 Å². The molecule has 238 valence electrons. The molecule has 4 heterocycles. The summed E-state index contributed by atoms with van der Waals surface area (Å²) in [5.41, 5.74) is 11.9. The van der Waals surface area contributed by atoms with E-state index in [4.69, 9.17) is 10.1 Å². The highest BCUT2D eigenvalue weighted by atomic mass is 15.3. The van der Waals surface area contributed by atoms with Gasteiger partial charge in [0, 0.05) is 45.2 Å². The van der Waals surface area contributed by atoms with E-state index in [1.807, 2.05) is 23.1 Å². The van der Waals surface area contributed by atoms with Crippen LogP contribution in [0.2, 0.25) is 0 Å². The summed E-state index contributed by atoms with van der Waals surface area (Å²) in [6.07, 6.45) is 6.07. The summed E-state index contributed by atoms with van der Waals surface area (Å²) in [5.74, 6) is 1.74. The van der Waals surface area contributed by atoms with Gasteiger partial charge in [-0.3, -0.25) is 4.57 Å². The fourth-order valence-electron chi connectivity index (χ4n) is 7.69. The Bertz CT molecular complexity index is 2640. The van der Waals surface area contributed by atoms with Gasteiger partial charge in [-0.2, -0.15) is 5.10 Å². The van der Waals surface area contributed by atoms with E-state index in [9.17, 15) is 0 Å². The first-order chi connectivity index (χ1) is 24.0. The van der Waals surface area contributed by atoms with Gasteiger partial charge in [0.05, 0.1) is 34.0 Å². The molecular formula is C44H37N5. The van der Waals surface area contributed by atoms with Crippen molar-refractivity contribution in [2.24, 2.45) is 0 Å². The summed E-state index contributed by atoms with van der Waals surface area (Å²) < 4.78 is 6.70. The summed E-state index contributed by atoms with van der Waals surface area (Å²) in [6, 6.07) is 43.6. The normalized spacial score (nSPS) is 12.0. The number of rotatable bonds is 6. The number of nitrogens with zero attached hydrogens (tertiary/aromatic N) is 5. The maximum absolute atomic E-state index is 4.92. The van der Waals surface area contributed by atoms with Gasteiger partial charge in [-0.25, -0.2) is 9.67 Å². The third-order valence-electron chi connectivity index (χ3n) is 9.94. The Balaban J connectivity index is 1.25. The number of hydrogen-bond donors (Lipinski definition) is 0. The van der Waals surface area contributed by atoms with E-state index < -0.39 is 0 Å². The predicted octanol–water partition coefficient (Wildman–Crippen LogP) is 11.4. The lowest BCUT2D eigenvalue weighted by Crippen LogP contribution is -2.00. The largest absolute Gasteiger partial charge is 0.309 e. The van der Waals surface area contributed by atoms with E-state index in [0.29, 0.717) is 11.8 Å². The maximum Gasteiger partial charge on any atom is 0.137 e. The van der Waals surface area contributed by atoms with Crippen molar-refractivity contribution in [3.8, 4) is 28.3 Å². The monoisotopic (exact) mass is 635 g/mol. The summed E-state index contributed by atoms with van der Waals surface area (Å²) in [4.78, 5) is 4.77. The van der Waals surface area contributed by atoms with Crippen molar-refractivity contribution < 1.29 is 0 Å². The number of hydrogen-bond acceptors (Lipinski definition) is 2. The molecule has 0 aliphatic rings. The van der Waals surface area contributed by atoms with Gasteiger partial charge in [-0.1, -0.05) is 94.4 Å². The third-order valence-corrected chi connectivity index (χ3v) is 9.94. The van der Waals surface area contributed by atoms with E-state index in [1.54, 1.807) is 0 Å². The van der Waals surface area contributed by atoms with E-state index in [-0.39, 0.29) is 0 Å². The Morgan fingerprint density at radius 2 is 1.12 bits per heavy atom. The van der Waals surface area contributed by atoms with Crippen LogP contribution < -0.4 is 0 Å². The number of pyridine rings is 1. The molecule has 0 bridgehead atoms. The van der Waals surface area contributed by atoms with Gasteiger partial charge in [0.25, 0.3) is 0 Å². The number of benzene rings is 5. The summed E-state index contributed by atoms with van der Waals surface area (Å²) in [6.45, 7) is 9.08. The van der Waals surface area contributed by atoms with Gasteiger partial charge in [0.1, 0.15) is 5.82 Å². The van der Waals surface area contributed by atoms with E-state index >= 15 is 0 Å². The highest BCUT2D eigenvalue weighted by Gasteiger charge is 2.20. The quantitative estimate of drug-likeness (QED) is 0.182. The third kappa shape index (κ3) is 4.61. The standard InChI is InChI=1S/C44H37N5/c1-28(2)33-17-12-18-34(29(3)4)44(33)30-26-46-47(27-30)31-13-11-14-32(23-31)48-39-19-7-5-15-35(39)37-24-38-36-16-6-8-20-40(36)49(42(38)25-41(37)48)43-21-9-10-22-45-43/h5-29H,1-4H3. The molecule has 5 heteroatoms. The Morgan fingerprint density at radius 3 is 1.80 bits per heavy atom. The van der Waals surface area contributed by atoms with Crippen molar-refractivity contribution in [1.29, 1.82) is 0 Å². The Kier molecular flexibility index (Phi) is 6.76. The van der Waals surface area contributed by atoms with E-state index in [1.165, 1.54) is 43.8 Å². The molecule has 0 saturated heterocycles. The molecular weight excluding hydrogens is 599 g/mol. The van der Waals surface area contributed by atoms with Crippen molar-refractivity contribution in [1.82, 2.24) is 23.9 Å². The first-order valence-corrected chi connectivity index (χ1v) is 17.1. The Labute approximate surface area is 285 Å². The molecule has 5 aromatic carbocycles. The molecule has 0 atom stereocenters. The van der Waals surface area contributed by atoms with Crippen LogP contribution in [0.5, 0.6) is 0 Å². The molecule has 0 spiro atoms. The first kappa shape index (κ1) is 29.2. The molecule has 9 aromatic rings. The molecule has 4 aromatic heterocycles. The lowest BCUT2D eigenvalue weighted by atomic mass is 9.86. The number of aromatic nitrogens is 5. The molecule has 0 aliphatic heterocycles. The highest BCUT2D eigenvalue weighted by molar-refractivity contribution is 6.19. The molecule has 9 rings (SSSR count). The molecule has 0 fully saturated rings. The van der Waals surface area contributed by atoms with Gasteiger partial charge >= 0.3 is 0 Å². The molecule has 0 amide bonds. The minimum Gasteiger partial charge on any atom is -0.309 e. The van der Waals surface area contributed by atoms with Crippen LogP contribution in [0.4, 0.5) is 0 Å². The smallest absolute Gasteiger partial charge is 0.137 e. The average Bonchev–Trinajstić information content (AvgIpc) is 3.84.